The molecule has 4 nitrogen and oxygen atoms in total. The van der Waals surface area contributed by atoms with Crippen LogP contribution < -0.4 is 10.2 Å². The molecule has 0 aliphatic carbocycles. The summed E-state index contributed by atoms with van der Waals surface area (Å²) >= 11 is 0. The van der Waals surface area contributed by atoms with Crippen LogP contribution in [0.2, 0.25) is 0 Å². The molecule has 0 bridgehead atoms. The van der Waals surface area contributed by atoms with Crippen LogP contribution in [0.15, 0.2) is 30.3 Å². The monoisotopic (exact) mass is 284 g/mol. The van der Waals surface area contributed by atoms with Crippen molar-refractivity contribution in [2.75, 3.05) is 23.8 Å². The Morgan fingerprint density at radius 3 is 2.67 bits per heavy atom. The molecule has 1 N–H and O–H groups in total. The molecule has 0 aliphatic heterocycles. The molecule has 1 aromatic carbocycles. The van der Waals surface area contributed by atoms with Gasteiger partial charge in [-0.3, -0.25) is 0 Å². The lowest BCUT2D eigenvalue weighted by Gasteiger charge is -2.18. The van der Waals surface area contributed by atoms with Crippen LogP contribution in [0, 0.1) is 13.8 Å². The second-order valence-electron chi connectivity index (χ2n) is 5.46. The van der Waals surface area contributed by atoms with E-state index in [-0.39, 0.29) is 0 Å². The first kappa shape index (κ1) is 15.3. The van der Waals surface area contributed by atoms with Crippen molar-refractivity contribution in [2.24, 2.45) is 0 Å². The van der Waals surface area contributed by atoms with E-state index >= 15 is 0 Å². The first-order valence-electron chi connectivity index (χ1n) is 7.49. The Morgan fingerprint density at radius 2 is 1.95 bits per heavy atom. The largest absolute Gasteiger partial charge is 0.344 e. The average Bonchev–Trinajstić information content (AvgIpc) is 2.44. The summed E-state index contributed by atoms with van der Waals surface area (Å²) < 4.78 is 0. The first-order valence-corrected chi connectivity index (χ1v) is 7.49. The second kappa shape index (κ2) is 7.07. The zero-order chi connectivity index (χ0) is 15.2. The molecule has 0 saturated carbocycles. The van der Waals surface area contributed by atoms with Crippen molar-refractivity contribution in [1.82, 2.24) is 9.97 Å². The van der Waals surface area contributed by atoms with Crippen molar-refractivity contribution in [3.63, 3.8) is 0 Å². The number of aromatic nitrogens is 2. The van der Waals surface area contributed by atoms with Gasteiger partial charge in [0.05, 0.1) is 0 Å². The smallest absolute Gasteiger partial charge is 0.227 e. The van der Waals surface area contributed by atoms with Crippen LogP contribution in [-0.2, 0) is 0 Å². The van der Waals surface area contributed by atoms with Crippen LogP contribution in [0.1, 0.15) is 31.0 Å². The topological polar surface area (TPSA) is 41.1 Å². The molecule has 0 atom stereocenters. The lowest BCUT2D eigenvalue weighted by molar-refractivity contribution is 0.749. The minimum atomic E-state index is 0.776. The van der Waals surface area contributed by atoms with E-state index in [1.807, 2.05) is 32.2 Å². The van der Waals surface area contributed by atoms with Crippen molar-refractivity contribution in [1.29, 1.82) is 0 Å². The van der Waals surface area contributed by atoms with Gasteiger partial charge in [0.1, 0.15) is 5.82 Å². The maximum absolute atomic E-state index is 4.62. The highest BCUT2D eigenvalue weighted by atomic mass is 15.2. The van der Waals surface area contributed by atoms with Crippen molar-refractivity contribution in [2.45, 2.75) is 33.6 Å². The fourth-order valence-corrected chi connectivity index (χ4v) is 2.15. The second-order valence-corrected chi connectivity index (χ2v) is 5.46. The molecule has 0 fully saturated rings. The third kappa shape index (κ3) is 4.45. The minimum absolute atomic E-state index is 0.776. The van der Waals surface area contributed by atoms with E-state index in [1.54, 1.807) is 0 Å². The van der Waals surface area contributed by atoms with Crippen LogP contribution in [0.3, 0.4) is 0 Å². The molecule has 2 rings (SSSR count). The molecule has 0 radical (unpaired) electrons. The molecule has 1 heterocycles. The third-order valence-electron chi connectivity index (χ3n) is 3.32. The van der Waals surface area contributed by atoms with Gasteiger partial charge in [0.25, 0.3) is 0 Å². The summed E-state index contributed by atoms with van der Waals surface area (Å²) in [4.78, 5) is 11.2. The van der Waals surface area contributed by atoms with Gasteiger partial charge in [0.15, 0.2) is 0 Å². The molecule has 0 amide bonds. The van der Waals surface area contributed by atoms with E-state index < -0.39 is 0 Å². The fraction of sp³-hybridized carbons (Fsp3) is 0.412. The highest BCUT2D eigenvalue weighted by Crippen LogP contribution is 2.19. The SMILES string of the molecule is CCCCN(C)c1nc(C)cc(Nc2cccc(C)c2)n1. The van der Waals surface area contributed by atoms with Gasteiger partial charge in [-0.05, 0) is 38.0 Å². The van der Waals surface area contributed by atoms with Crippen molar-refractivity contribution in [3.05, 3.63) is 41.6 Å². The van der Waals surface area contributed by atoms with Gasteiger partial charge in [0, 0.05) is 31.0 Å². The minimum Gasteiger partial charge on any atom is -0.344 e. The third-order valence-corrected chi connectivity index (χ3v) is 3.32. The molecule has 0 aliphatic rings. The zero-order valence-corrected chi connectivity index (χ0v) is 13.3. The number of unbranched alkanes of at least 4 members (excludes halogenated alkanes) is 1. The van der Waals surface area contributed by atoms with E-state index in [1.165, 1.54) is 12.0 Å². The standard InChI is InChI=1S/C17H24N4/c1-5-6-10-21(4)17-18-14(3)12-16(20-17)19-15-9-7-8-13(2)11-15/h7-9,11-12H,5-6,10H2,1-4H3,(H,18,19,20). The highest BCUT2D eigenvalue weighted by Gasteiger charge is 2.07. The Hall–Kier alpha value is -2.10. The summed E-state index contributed by atoms with van der Waals surface area (Å²) in [5.41, 5.74) is 3.25. The molecule has 2 aromatic rings. The molecular formula is C17H24N4. The Balaban J connectivity index is 2.18. The molecule has 0 unspecified atom stereocenters. The Bertz CT molecular complexity index is 595. The highest BCUT2D eigenvalue weighted by molar-refractivity contribution is 5.58. The molecular weight excluding hydrogens is 260 g/mol. The molecule has 112 valence electrons. The zero-order valence-electron chi connectivity index (χ0n) is 13.3. The number of benzene rings is 1. The number of nitrogens with zero attached hydrogens (tertiary/aromatic N) is 3. The summed E-state index contributed by atoms with van der Waals surface area (Å²) in [6, 6.07) is 10.3. The van der Waals surface area contributed by atoms with Gasteiger partial charge in [-0.2, -0.15) is 4.98 Å². The van der Waals surface area contributed by atoms with Gasteiger partial charge in [0.2, 0.25) is 5.95 Å². The van der Waals surface area contributed by atoms with Crippen molar-refractivity contribution >= 4 is 17.5 Å². The van der Waals surface area contributed by atoms with E-state index in [4.69, 9.17) is 0 Å². The summed E-state index contributed by atoms with van der Waals surface area (Å²) in [6.07, 6.45) is 2.32. The molecule has 1 aromatic heterocycles. The molecule has 21 heavy (non-hydrogen) atoms. The fourth-order valence-electron chi connectivity index (χ4n) is 2.15. The van der Waals surface area contributed by atoms with E-state index in [9.17, 15) is 0 Å². The molecule has 4 heteroatoms. The quantitative estimate of drug-likeness (QED) is 0.868. The predicted octanol–water partition coefficient (Wildman–Crippen LogP) is 4.07. The first-order chi connectivity index (χ1) is 10.1. The Labute approximate surface area is 127 Å². The van der Waals surface area contributed by atoms with Crippen LogP contribution in [0.25, 0.3) is 0 Å². The van der Waals surface area contributed by atoms with Crippen LogP contribution in [-0.4, -0.2) is 23.6 Å². The maximum Gasteiger partial charge on any atom is 0.227 e. The Kier molecular flexibility index (Phi) is 5.14. The van der Waals surface area contributed by atoms with Gasteiger partial charge >= 0.3 is 0 Å². The number of aryl methyl sites for hydroxylation is 2. The van der Waals surface area contributed by atoms with Crippen LogP contribution in [0.4, 0.5) is 17.5 Å². The van der Waals surface area contributed by atoms with Gasteiger partial charge < -0.3 is 10.2 Å². The summed E-state index contributed by atoms with van der Waals surface area (Å²) in [5.74, 6) is 1.62. The van der Waals surface area contributed by atoms with Crippen molar-refractivity contribution in [3.8, 4) is 0 Å². The molecule has 0 saturated heterocycles. The number of anilines is 3. The van der Waals surface area contributed by atoms with E-state index in [2.05, 4.69) is 46.2 Å². The average molecular weight is 284 g/mol. The lowest BCUT2D eigenvalue weighted by atomic mass is 10.2. The van der Waals surface area contributed by atoms with Crippen molar-refractivity contribution < 1.29 is 0 Å². The van der Waals surface area contributed by atoms with Gasteiger partial charge in [-0.15, -0.1) is 0 Å². The van der Waals surface area contributed by atoms with Gasteiger partial charge in [-0.25, -0.2) is 4.98 Å². The summed E-state index contributed by atoms with van der Waals surface area (Å²) in [5, 5.41) is 3.36. The number of rotatable bonds is 6. The van der Waals surface area contributed by atoms with E-state index in [0.29, 0.717) is 0 Å². The van der Waals surface area contributed by atoms with E-state index in [0.717, 1.165) is 36.1 Å². The predicted molar refractivity (Wildman–Crippen MR) is 89.4 cm³/mol. The van der Waals surface area contributed by atoms with Gasteiger partial charge in [-0.1, -0.05) is 25.5 Å². The normalized spacial score (nSPS) is 10.5. The molecule has 0 spiro atoms. The number of nitrogens with one attached hydrogen (secondary N) is 1. The number of hydrogen-bond acceptors (Lipinski definition) is 4. The van der Waals surface area contributed by atoms with Crippen LogP contribution >= 0.6 is 0 Å². The number of hydrogen-bond donors (Lipinski definition) is 1. The lowest BCUT2D eigenvalue weighted by Crippen LogP contribution is -2.21. The Morgan fingerprint density at radius 1 is 1.14 bits per heavy atom. The summed E-state index contributed by atoms with van der Waals surface area (Å²) in [7, 11) is 2.04. The van der Waals surface area contributed by atoms with Crippen LogP contribution in [0.5, 0.6) is 0 Å². The summed E-state index contributed by atoms with van der Waals surface area (Å²) in [6.45, 7) is 7.25. The maximum atomic E-state index is 4.62.